The number of rotatable bonds is 5. The molecule has 2 N–H and O–H groups in total. The van der Waals surface area contributed by atoms with Crippen molar-refractivity contribution in [1.82, 2.24) is 15.5 Å². The fourth-order valence-corrected chi connectivity index (χ4v) is 2.07. The first-order chi connectivity index (χ1) is 9.70. The van der Waals surface area contributed by atoms with Crippen LogP contribution in [0.5, 0.6) is 0 Å². The number of amides is 1. The lowest BCUT2D eigenvalue weighted by atomic mass is 10.1. The van der Waals surface area contributed by atoms with Gasteiger partial charge in [-0.2, -0.15) is 0 Å². The molecule has 0 unspecified atom stereocenters. The van der Waals surface area contributed by atoms with Crippen molar-refractivity contribution in [2.24, 2.45) is 4.99 Å². The van der Waals surface area contributed by atoms with Crippen molar-refractivity contribution in [3.05, 3.63) is 35.4 Å². The van der Waals surface area contributed by atoms with Gasteiger partial charge in [-0.1, -0.05) is 19.1 Å². The summed E-state index contributed by atoms with van der Waals surface area (Å²) in [6.07, 6.45) is 0.944. The zero-order valence-electron chi connectivity index (χ0n) is 12.1. The van der Waals surface area contributed by atoms with E-state index in [1.807, 2.05) is 38.2 Å². The van der Waals surface area contributed by atoms with E-state index in [9.17, 15) is 4.79 Å². The predicted molar refractivity (Wildman–Crippen MR) is 80.8 cm³/mol. The number of nitrogens with zero attached hydrogens (tertiary/aromatic N) is 2. The largest absolute Gasteiger partial charge is 0.352 e. The molecule has 0 aromatic heterocycles. The van der Waals surface area contributed by atoms with Gasteiger partial charge in [0.15, 0.2) is 5.96 Å². The lowest BCUT2D eigenvalue weighted by Crippen LogP contribution is -2.35. The predicted octanol–water partition coefficient (Wildman–Crippen LogP) is 1.22. The Morgan fingerprint density at radius 1 is 1.45 bits per heavy atom. The Bertz CT molecular complexity index is 498. The Morgan fingerprint density at radius 3 is 3.00 bits per heavy atom. The van der Waals surface area contributed by atoms with Crippen molar-refractivity contribution in [3.8, 4) is 0 Å². The maximum atomic E-state index is 11.9. The topological polar surface area (TPSA) is 56.7 Å². The first-order valence-corrected chi connectivity index (χ1v) is 7.07. The zero-order chi connectivity index (χ0) is 14.4. The second-order valence-corrected chi connectivity index (χ2v) is 4.94. The number of nitrogens with one attached hydrogen (secondary N) is 2. The highest BCUT2D eigenvalue weighted by atomic mass is 16.1. The second kappa shape index (κ2) is 6.93. The first-order valence-electron chi connectivity index (χ1n) is 7.07. The van der Waals surface area contributed by atoms with Gasteiger partial charge >= 0.3 is 0 Å². The maximum Gasteiger partial charge on any atom is 0.251 e. The third-order valence-corrected chi connectivity index (χ3v) is 3.23. The number of aliphatic imine (C=N–C) groups is 1. The number of benzene rings is 1. The summed E-state index contributed by atoms with van der Waals surface area (Å²) in [4.78, 5) is 18.4. The number of hydrogen-bond donors (Lipinski definition) is 2. The molecule has 5 heteroatoms. The molecule has 1 heterocycles. The van der Waals surface area contributed by atoms with Crippen molar-refractivity contribution in [3.63, 3.8) is 0 Å². The monoisotopic (exact) mass is 274 g/mol. The molecular formula is C15H22N4O. The van der Waals surface area contributed by atoms with E-state index in [1.165, 1.54) is 0 Å². The molecule has 1 amide bonds. The van der Waals surface area contributed by atoms with E-state index in [1.54, 1.807) is 0 Å². The fourth-order valence-electron chi connectivity index (χ4n) is 2.07. The van der Waals surface area contributed by atoms with Crippen LogP contribution in [0.3, 0.4) is 0 Å². The molecule has 2 rings (SSSR count). The van der Waals surface area contributed by atoms with Crippen LogP contribution in [0.15, 0.2) is 29.3 Å². The van der Waals surface area contributed by atoms with Crippen molar-refractivity contribution < 1.29 is 4.79 Å². The molecule has 108 valence electrons. The Labute approximate surface area is 120 Å². The molecular weight excluding hydrogens is 252 g/mol. The quantitative estimate of drug-likeness (QED) is 0.849. The van der Waals surface area contributed by atoms with Gasteiger partial charge in [0.05, 0.1) is 6.54 Å². The van der Waals surface area contributed by atoms with Crippen LogP contribution in [0.25, 0.3) is 0 Å². The summed E-state index contributed by atoms with van der Waals surface area (Å²) in [6, 6.07) is 7.69. The lowest BCUT2D eigenvalue weighted by Gasteiger charge is -2.15. The van der Waals surface area contributed by atoms with Crippen molar-refractivity contribution >= 4 is 11.9 Å². The SMILES string of the molecule is CCCNC(=O)c1cccc(CNC2=NCCN2C)c1. The number of guanidine groups is 1. The van der Waals surface area contributed by atoms with Gasteiger partial charge in [0.1, 0.15) is 0 Å². The molecule has 0 atom stereocenters. The van der Waals surface area contributed by atoms with Crippen LogP contribution in [0.4, 0.5) is 0 Å². The van der Waals surface area contributed by atoms with Crippen LogP contribution in [0.1, 0.15) is 29.3 Å². The molecule has 0 aliphatic carbocycles. The Balaban J connectivity index is 1.94. The summed E-state index contributed by atoms with van der Waals surface area (Å²) in [5.74, 6) is 0.912. The summed E-state index contributed by atoms with van der Waals surface area (Å²) in [5.41, 5.74) is 1.79. The van der Waals surface area contributed by atoms with Crippen molar-refractivity contribution in [2.45, 2.75) is 19.9 Å². The highest BCUT2D eigenvalue weighted by molar-refractivity contribution is 5.94. The third-order valence-electron chi connectivity index (χ3n) is 3.23. The minimum atomic E-state index is -0.0102. The van der Waals surface area contributed by atoms with Gasteiger partial charge in [-0.15, -0.1) is 0 Å². The molecule has 1 aliphatic heterocycles. The normalized spacial score (nSPS) is 14.1. The summed E-state index contributed by atoms with van der Waals surface area (Å²) in [7, 11) is 2.02. The molecule has 0 radical (unpaired) electrons. The number of carbonyl (C=O) groups excluding carboxylic acids is 1. The van der Waals surface area contributed by atoms with E-state index < -0.39 is 0 Å². The molecule has 1 aromatic rings. The van der Waals surface area contributed by atoms with Crippen LogP contribution >= 0.6 is 0 Å². The van der Waals surface area contributed by atoms with Crippen LogP contribution in [0.2, 0.25) is 0 Å². The summed E-state index contributed by atoms with van der Waals surface area (Å²) in [6.45, 7) is 5.24. The lowest BCUT2D eigenvalue weighted by molar-refractivity contribution is 0.0953. The average molecular weight is 274 g/mol. The third kappa shape index (κ3) is 3.73. The highest BCUT2D eigenvalue weighted by Gasteiger charge is 2.11. The van der Waals surface area contributed by atoms with E-state index in [0.29, 0.717) is 18.7 Å². The van der Waals surface area contributed by atoms with Crippen molar-refractivity contribution in [1.29, 1.82) is 0 Å². The number of carbonyl (C=O) groups is 1. The highest BCUT2D eigenvalue weighted by Crippen LogP contribution is 2.06. The number of likely N-dealkylation sites (N-methyl/N-ethyl adjacent to an activating group) is 1. The van der Waals surface area contributed by atoms with E-state index in [0.717, 1.165) is 31.0 Å². The second-order valence-electron chi connectivity index (χ2n) is 4.94. The minimum absolute atomic E-state index is 0.0102. The molecule has 1 aliphatic rings. The van der Waals surface area contributed by atoms with Gasteiger partial charge in [0.25, 0.3) is 5.91 Å². The van der Waals surface area contributed by atoms with Crippen LogP contribution in [-0.2, 0) is 6.54 Å². The molecule has 5 nitrogen and oxygen atoms in total. The summed E-state index contributed by atoms with van der Waals surface area (Å²) in [5, 5.41) is 6.19. The van der Waals surface area contributed by atoms with E-state index >= 15 is 0 Å². The average Bonchev–Trinajstić information content (AvgIpc) is 2.88. The molecule has 0 fully saturated rings. The molecule has 0 saturated heterocycles. The first kappa shape index (κ1) is 14.4. The van der Waals surface area contributed by atoms with Gasteiger partial charge in [-0.3, -0.25) is 9.79 Å². The van der Waals surface area contributed by atoms with Crippen molar-refractivity contribution in [2.75, 3.05) is 26.7 Å². The van der Waals surface area contributed by atoms with Crippen LogP contribution in [-0.4, -0.2) is 43.4 Å². The summed E-state index contributed by atoms with van der Waals surface area (Å²) < 4.78 is 0. The molecule has 0 saturated carbocycles. The van der Waals surface area contributed by atoms with E-state index in [2.05, 4.69) is 20.5 Å². The van der Waals surface area contributed by atoms with Gasteiger partial charge in [0, 0.05) is 32.2 Å². The van der Waals surface area contributed by atoms with Gasteiger partial charge in [-0.05, 0) is 24.1 Å². The summed E-state index contributed by atoms with van der Waals surface area (Å²) >= 11 is 0. The Morgan fingerprint density at radius 2 is 2.30 bits per heavy atom. The standard InChI is InChI=1S/C15H22N4O/c1-3-7-16-14(20)13-6-4-5-12(10-13)11-18-15-17-8-9-19(15)2/h4-6,10H,3,7-9,11H2,1-2H3,(H,16,20)(H,17,18). The number of hydrogen-bond acceptors (Lipinski definition) is 4. The maximum absolute atomic E-state index is 11.9. The molecule has 0 spiro atoms. The fraction of sp³-hybridized carbons (Fsp3) is 0.467. The Kier molecular flexibility index (Phi) is 4.98. The van der Waals surface area contributed by atoms with Gasteiger partial charge in [-0.25, -0.2) is 0 Å². The van der Waals surface area contributed by atoms with Crippen LogP contribution < -0.4 is 10.6 Å². The van der Waals surface area contributed by atoms with Gasteiger partial charge < -0.3 is 15.5 Å². The van der Waals surface area contributed by atoms with Crippen LogP contribution in [0, 0.1) is 0 Å². The molecule has 20 heavy (non-hydrogen) atoms. The minimum Gasteiger partial charge on any atom is -0.352 e. The smallest absolute Gasteiger partial charge is 0.251 e. The van der Waals surface area contributed by atoms with E-state index in [-0.39, 0.29) is 5.91 Å². The van der Waals surface area contributed by atoms with E-state index in [4.69, 9.17) is 0 Å². The Hall–Kier alpha value is -2.04. The molecule has 1 aromatic carbocycles. The zero-order valence-corrected chi connectivity index (χ0v) is 12.1. The van der Waals surface area contributed by atoms with Gasteiger partial charge in [0.2, 0.25) is 0 Å². The molecule has 0 bridgehead atoms.